The number of halogens is 2. The Balaban J connectivity index is 1.89. The van der Waals surface area contributed by atoms with E-state index in [1.165, 1.54) is 6.08 Å². The van der Waals surface area contributed by atoms with Gasteiger partial charge in [0, 0.05) is 25.9 Å². The molecule has 4 nitrogen and oxygen atoms in total. The number of carbonyl (C=O) groups is 1. The Morgan fingerprint density at radius 3 is 2.35 bits per heavy atom. The van der Waals surface area contributed by atoms with Crippen molar-refractivity contribution in [3.8, 4) is 0 Å². The number of amides is 1. The minimum absolute atomic E-state index is 0.271. The fraction of sp³-hybridized carbons (Fsp3) is 0.118. The van der Waals surface area contributed by atoms with Gasteiger partial charge in [0.25, 0.3) is 5.91 Å². The molecule has 1 amide bonds. The number of hydrazine groups is 1. The first-order valence-electron chi connectivity index (χ1n) is 6.92. The van der Waals surface area contributed by atoms with Crippen LogP contribution < -0.4 is 15.8 Å². The molecule has 0 saturated carbocycles. The second-order valence-electron chi connectivity index (χ2n) is 5.06. The SMILES string of the molecule is CN(C)c1ccc(/C=C\C(=O)NNc2ccc(Cl)c(Cl)c2)cc1. The lowest BCUT2D eigenvalue weighted by atomic mass is 10.2. The van der Waals surface area contributed by atoms with E-state index in [0.717, 1.165) is 11.3 Å². The molecule has 23 heavy (non-hydrogen) atoms. The molecule has 2 aromatic rings. The van der Waals surface area contributed by atoms with E-state index >= 15 is 0 Å². The van der Waals surface area contributed by atoms with E-state index < -0.39 is 0 Å². The van der Waals surface area contributed by atoms with Crippen LogP contribution in [0.15, 0.2) is 48.5 Å². The largest absolute Gasteiger partial charge is 0.378 e. The van der Waals surface area contributed by atoms with Gasteiger partial charge in [0.15, 0.2) is 0 Å². The lowest BCUT2D eigenvalue weighted by molar-refractivity contribution is -0.115. The molecule has 2 rings (SSSR count). The maximum Gasteiger partial charge on any atom is 0.262 e. The van der Waals surface area contributed by atoms with Crippen LogP contribution in [-0.4, -0.2) is 20.0 Å². The molecule has 0 aliphatic carbocycles. The zero-order valence-corrected chi connectivity index (χ0v) is 14.3. The molecule has 0 atom stereocenters. The molecule has 6 heteroatoms. The topological polar surface area (TPSA) is 44.4 Å². The van der Waals surface area contributed by atoms with Gasteiger partial charge in [-0.15, -0.1) is 0 Å². The van der Waals surface area contributed by atoms with Crippen LogP contribution in [0.1, 0.15) is 5.56 Å². The Labute approximate surface area is 145 Å². The molecule has 0 saturated heterocycles. The van der Waals surface area contributed by atoms with Crippen molar-refractivity contribution in [2.24, 2.45) is 0 Å². The van der Waals surface area contributed by atoms with Gasteiger partial charge in [0.2, 0.25) is 0 Å². The quantitative estimate of drug-likeness (QED) is 0.627. The Kier molecular flexibility index (Phi) is 5.90. The second kappa shape index (κ2) is 7.90. The average Bonchev–Trinajstić information content (AvgIpc) is 2.54. The highest BCUT2D eigenvalue weighted by molar-refractivity contribution is 6.42. The van der Waals surface area contributed by atoms with E-state index in [0.29, 0.717) is 15.7 Å². The maximum absolute atomic E-state index is 11.8. The van der Waals surface area contributed by atoms with Gasteiger partial charge in [0.05, 0.1) is 15.7 Å². The van der Waals surface area contributed by atoms with E-state index in [-0.39, 0.29) is 5.91 Å². The van der Waals surface area contributed by atoms with Crippen molar-refractivity contribution >= 4 is 46.6 Å². The van der Waals surface area contributed by atoms with Crippen LogP contribution in [0.4, 0.5) is 11.4 Å². The zero-order valence-electron chi connectivity index (χ0n) is 12.8. The van der Waals surface area contributed by atoms with Gasteiger partial charge in [-0.1, -0.05) is 35.3 Å². The van der Waals surface area contributed by atoms with Crippen LogP contribution in [0.2, 0.25) is 10.0 Å². The molecule has 120 valence electrons. The number of anilines is 2. The predicted octanol–water partition coefficient (Wildman–Crippen LogP) is 4.22. The number of nitrogens with one attached hydrogen (secondary N) is 2. The molecule has 0 unspecified atom stereocenters. The lowest BCUT2D eigenvalue weighted by Gasteiger charge is -2.11. The molecular weight excluding hydrogens is 333 g/mol. The van der Waals surface area contributed by atoms with Gasteiger partial charge >= 0.3 is 0 Å². The van der Waals surface area contributed by atoms with Crippen LogP contribution in [-0.2, 0) is 4.79 Å². The molecule has 0 bridgehead atoms. The zero-order chi connectivity index (χ0) is 16.8. The summed E-state index contributed by atoms with van der Waals surface area (Å²) in [5.41, 5.74) is 8.03. The van der Waals surface area contributed by atoms with Crippen molar-refractivity contribution in [3.63, 3.8) is 0 Å². The van der Waals surface area contributed by atoms with Crippen LogP contribution in [0, 0.1) is 0 Å². The van der Waals surface area contributed by atoms with Gasteiger partial charge in [-0.05, 0) is 42.0 Å². The summed E-state index contributed by atoms with van der Waals surface area (Å²) < 4.78 is 0. The molecule has 0 fully saturated rings. The van der Waals surface area contributed by atoms with Crippen LogP contribution in [0.25, 0.3) is 6.08 Å². The number of nitrogens with zero attached hydrogens (tertiary/aromatic N) is 1. The van der Waals surface area contributed by atoms with Crippen molar-refractivity contribution in [2.45, 2.75) is 0 Å². The van der Waals surface area contributed by atoms with Crippen molar-refractivity contribution < 1.29 is 4.79 Å². The number of benzene rings is 2. The predicted molar refractivity (Wildman–Crippen MR) is 98.0 cm³/mol. The fourth-order valence-corrected chi connectivity index (χ4v) is 2.10. The van der Waals surface area contributed by atoms with E-state index in [4.69, 9.17) is 23.2 Å². The summed E-state index contributed by atoms with van der Waals surface area (Å²) in [7, 11) is 3.96. The van der Waals surface area contributed by atoms with Crippen LogP contribution in [0.5, 0.6) is 0 Å². The molecule has 0 radical (unpaired) electrons. The second-order valence-corrected chi connectivity index (χ2v) is 5.88. The van der Waals surface area contributed by atoms with Gasteiger partial charge in [-0.2, -0.15) is 0 Å². The van der Waals surface area contributed by atoms with Crippen molar-refractivity contribution in [3.05, 3.63) is 64.1 Å². The van der Waals surface area contributed by atoms with Crippen molar-refractivity contribution in [2.75, 3.05) is 24.4 Å². The number of rotatable bonds is 5. The Bertz CT molecular complexity index is 712. The summed E-state index contributed by atoms with van der Waals surface area (Å²) in [6.07, 6.45) is 3.19. The van der Waals surface area contributed by atoms with E-state index in [1.807, 2.05) is 43.3 Å². The minimum atomic E-state index is -0.271. The minimum Gasteiger partial charge on any atom is -0.378 e. The van der Waals surface area contributed by atoms with Crippen molar-refractivity contribution in [1.82, 2.24) is 5.43 Å². The summed E-state index contributed by atoms with van der Waals surface area (Å²) in [5, 5.41) is 0.882. The Hall–Kier alpha value is -2.17. The summed E-state index contributed by atoms with van der Waals surface area (Å²) in [6.45, 7) is 0. The van der Waals surface area contributed by atoms with Gasteiger partial charge in [0.1, 0.15) is 0 Å². The standard InChI is InChI=1S/C17H17Cl2N3O/c1-22(2)14-7-3-12(4-8-14)5-10-17(23)21-20-13-6-9-15(18)16(19)11-13/h3-11,20H,1-2H3,(H,21,23)/b10-5-. The molecule has 0 aliphatic heterocycles. The Morgan fingerprint density at radius 2 is 1.74 bits per heavy atom. The molecule has 0 aliphatic rings. The van der Waals surface area contributed by atoms with Gasteiger partial charge < -0.3 is 4.90 Å². The summed E-state index contributed by atoms with van der Waals surface area (Å²) in [5.74, 6) is -0.271. The number of hydrogen-bond donors (Lipinski definition) is 2. The summed E-state index contributed by atoms with van der Waals surface area (Å²) in [4.78, 5) is 13.8. The molecule has 2 aromatic carbocycles. The molecule has 0 heterocycles. The number of hydrogen-bond acceptors (Lipinski definition) is 3. The van der Waals surface area contributed by atoms with Crippen LogP contribution >= 0.6 is 23.2 Å². The normalized spacial score (nSPS) is 10.6. The highest BCUT2D eigenvalue weighted by Gasteiger charge is 2.00. The van der Waals surface area contributed by atoms with Crippen LogP contribution in [0.3, 0.4) is 0 Å². The fourth-order valence-electron chi connectivity index (χ4n) is 1.80. The first-order chi connectivity index (χ1) is 11.0. The summed E-state index contributed by atoms with van der Waals surface area (Å²) >= 11 is 11.7. The van der Waals surface area contributed by atoms with Crippen molar-refractivity contribution in [1.29, 1.82) is 0 Å². The van der Waals surface area contributed by atoms with Gasteiger partial charge in [-0.25, -0.2) is 0 Å². The average molecular weight is 350 g/mol. The first-order valence-corrected chi connectivity index (χ1v) is 7.68. The monoisotopic (exact) mass is 349 g/mol. The molecule has 0 spiro atoms. The third-order valence-corrected chi connectivity index (χ3v) is 3.83. The Morgan fingerprint density at radius 1 is 1.04 bits per heavy atom. The maximum atomic E-state index is 11.8. The van der Waals surface area contributed by atoms with Gasteiger partial charge in [-0.3, -0.25) is 15.6 Å². The first kappa shape index (κ1) is 17.2. The smallest absolute Gasteiger partial charge is 0.262 e. The number of carbonyl (C=O) groups excluding carboxylic acids is 1. The van der Waals surface area contributed by atoms with E-state index in [2.05, 4.69) is 10.9 Å². The van der Waals surface area contributed by atoms with E-state index in [1.54, 1.807) is 24.3 Å². The molecule has 0 aromatic heterocycles. The summed E-state index contributed by atoms with van der Waals surface area (Å²) in [6, 6.07) is 12.9. The lowest BCUT2D eigenvalue weighted by Crippen LogP contribution is -2.27. The highest BCUT2D eigenvalue weighted by Crippen LogP contribution is 2.24. The highest BCUT2D eigenvalue weighted by atomic mass is 35.5. The molecular formula is C17H17Cl2N3O. The van der Waals surface area contributed by atoms with E-state index in [9.17, 15) is 4.79 Å². The third kappa shape index (κ3) is 5.20. The molecule has 2 N–H and O–H groups in total. The third-order valence-electron chi connectivity index (χ3n) is 3.09.